The van der Waals surface area contributed by atoms with Crippen molar-refractivity contribution in [1.29, 1.82) is 0 Å². The van der Waals surface area contributed by atoms with Crippen LogP contribution >= 0.6 is 0 Å². The number of anilines is 3. The highest BCUT2D eigenvalue weighted by Gasteiger charge is 2.33. The molecule has 2 radical (unpaired) electrons. The molecule has 0 aromatic heterocycles. The average molecular weight is 486 g/mol. The largest absolute Gasteiger partial charge is 0.508 e. The highest BCUT2D eigenvalue weighted by molar-refractivity contribution is 6.37. The van der Waals surface area contributed by atoms with Gasteiger partial charge in [-0.05, 0) is 71.0 Å². The minimum Gasteiger partial charge on any atom is -0.508 e. The number of hydrogen-bond donors (Lipinski definition) is 3. The van der Waals surface area contributed by atoms with E-state index in [4.69, 9.17) is 7.85 Å². The smallest absolute Gasteiger partial charge is 0.260 e. The topological polar surface area (TPSA) is 84.2 Å². The molecule has 0 saturated carbocycles. The molecule has 1 heterocycles. The van der Waals surface area contributed by atoms with E-state index in [-0.39, 0.29) is 52.1 Å². The summed E-state index contributed by atoms with van der Waals surface area (Å²) in [4.78, 5) is 16.6. The van der Waals surface area contributed by atoms with Crippen LogP contribution in [-0.4, -0.2) is 42.7 Å². The number of hydrogen-bond acceptors (Lipinski definition) is 5. The first-order chi connectivity index (χ1) is 17.0. The number of amides is 1. The first-order valence-corrected chi connectivity index (χ1v) is 12.2. The van der Waals surface area contributed by atoms with Crippen molar-refractivity contribution in [3.8, 4) is 17.2 Å². The van der Waals surface area contributed by atoms with Crippen LogP contribution in [0.4, 0.5) is 17.1 Å². The summed E-state index contributed by atoms with van der Waals surface area (Å²) in [6, 6.07) is 6.10. The van der Waals surface area contributed by atoms with Gasteiger partial charge in [0.1, 0.15) is 30.8 Å². The molecule has 0 spiro atoms. The van der Waals surface area contributed by atoms with Gasteiger partial charge < -0.3 is 25.1 Å². The second-order valence-corrected chi connectivity index (χ2v) is 9.63. The highest BCUT2D eigenvalue weighted by Crippen LogP contribution is 2.48. The van der Waals surface area contributed by atoms with Gasteiger partial charge in [0.2, 0.25) is 0 Å². The van der Waals surface area contributed by atoms with Crippen molar-refractivity contribution in [2.45, 2.75) is 53.4 Å². The van der Waals surface area contributed by atoms with Crippen LogP contribution in [-0.2, 0) is 0 Å². The van der Waals surface area contributed by atoms with Gasteiger partial charge in [-0.1, -0.05) is 41.0 Å². The number of benzene rings is 2. The number of allylic oxidation sites excluding steroid dienone is 5. The molecule has 0 fully saturated rings. The monoisotopic (exact) mass is 486 g/mol. The Bertz CT molecular complexity index is 1240. The quantitative estimate of drug-likeness (QED) is 0.327. The third-order valence-electron chi connectivity index (χ3n) is 6.47. The van der Waals surface area contributed by atoms with Crippen LogP contribution in [0.3, 0.4) is 0 Å². The van der Waals surface area contributed by atoms with E-state index < -0.39 is 0 Å². The Kier molecular flexibility index (Phi) is 8.56. The Balaban J connectivity index is 1.89. The maximum Gasteiger partial charge on any atom is 0.260 e. The van der Waals surface area contributed by atoms with Gasteiger partial charge in [-0.3, -0.25) is 4.79 Å². The third kappa shape index (κ3) is 5.78. The van der Waals surface area contributed by atoms with E-state index in [0.29, 0.717) is 5.69 Å². The molecule has 3 N–H and O–H groups in total. The first-order valence-electron chi connectivity index (χ1n) is 12.2. The lowest BCUT2D eigenvalue weighted by Gasteiger charge is -2.26. The molecule has 1 aliphatic heterocycles. The molecule has 188 valence electrons. The summed E-state index contributed by atoms with van der Waals surface area (Å²) in [7, 11) is 7.53. The number of aromatic hydroxyl groups is 3. The third-order valence-corrected chi connectivity index (χ3v) is 6.47. The van der Waals surface area contributed by atoms with Crippen LogP contribution in [0.2, 0.25) is 0 Å². The number of rotatable bonds is 8. The fourth-order valence-corrected chi connectivity index (χ4v) is 4.37. The minimum atomic E-state index is -0.353. The number of para-hydroxylation sites is 1. The zero-order valence-electron chi connectivity index (χ0n) is 21.8. The lowest BCUT2D eigenvalue weighted by molar-refractivity contribution is 0.0990. The van der Waals surface area contributed by atoms with Gasteiger partial charge in [-0.15, -0.1) is 0 Å². The number of carbonyl (C=O) groups is 1. The molecule has 1 aliphatic rings. The molecule has 0 bridgehead atoms. The summed E-state index contributed by atoms with van der Waals surface area (Å²) >= 11 is 0. The predicted molar refractivity (Wildman–Crippen MR) is 148 cm³/mol. The van der Waals surface area contributed by atoms with E-state index >= 15 is 0 Å². The van der Waals surface area contributed by atoms with Crippen LogP contribution in [0, 0.1) is 0 Å². The standard InChI is InChI=1S/C29H35BN2O4/c1-18(2)9-6-10-19(3)11-7-12-20(4)15-16-32-22-17-24(34)25(30)28(35)27(22)31(5)26-21(29(32)36)13-8-14-23(26)33/h8-9,11,13-15,17,33-35H,6-7,10,12,16H2,1-5H3/b19-11+,20-15+. The molecule has 36 heavy (non-hydrogen) atoms. The SMILES string of the molecule is [B]c1c(O)cc2c(c1O)N(C)c1c(O)cccc1C(=O)N2C/C=C(\C)CC/C=C(\C)CCC=C(C)C. The van der Waals surface area contributed by atoms with E-state index in [1.807, 2.05) is 13.0 Å². The van der Waals surface area contributed by atoms with Gasteiger partial charge in [0, 0.05) is 19.7 Å². The van der Waals surface area contributed by atoms with Crippen molar-refractivity contribution in [2.24, 2.45) is 0 Å². The van der Waals surface area contributed by atoms with Crippen molar-refractivity contribution in [3.63, 3.8) is 0 Å². The molecular weight excluding hydrogens is 451 g/mol. The van der Waals surface area contributed by atoms with Gasteiger partial charge in [-0.2, -0.15) is 0 Å². The number of nitrogens with zero attached hydrogens (tertiary/aromatic N) is 2. The summed E-state index contributed by atoms with van der Waals surface area (Å²) in [5, 5.41) is 31.7. The predicted octanol–water partition coefficient (Wildman–Crippen LogP) is 5.74. The van der Waals surface area contributed by atoms with E-state index in [0.717, 1.165) is 31.3 Å². The molecule has 0 saturated heterocycles. The summed E-state index contributed by atoms with van der Waals surface area (Å²) in [6.45, 7) is 8.63. The van der Waals surface area contributed by atoms with E-state index in [1.54, 1.807) is 19.2 Å². The second-order valence-electron chi connectivity index (χ2n) is 9.63. The van der Waals surface area contributed by atoms with Crippen molar-refractivity contribution in [1.82, 2.24) is 0 Å². The summed E-state index contributed by atoms with van der Waals surface area (Å²) in [5.74, 6) is -1.12. The lowest BCUT2D eigenvalue weighted by Crippen LogP contribution is -2.31. The van der Waals surface area contributed by atoms with E-state index in [9.17, 15) is 20.1 Å². The van der Waals surface area contributed by atoms with Gasteiger partial charge in [0.25, 0.3) is 5.91 Å². The molecule has 2 aromatic carbocycles. The maximum atomic E-state index is 13.6. The molecule has 6 nitrogen and oxygen atoms in total. The molecule has 2 aromatic rings. The van der Waals surface area contributed by atoms with E-state index in [2.05, 4.69) is 32.9 Å². The maximum absolute atomic E-state index is 13.6. The fourth-order valence-electron chi connectivity index (χ4n) is 4.37. The van der Waals surface area contributed by atoms with Crippen molar-refractivity contribution < 1.29 is 20.1 Å². The van der Waals surface area contributed by atoms with Crippen LogP contribution in [0.25, 0.3) is 0 Å². The Morgan fingerprint density at radius 3 is 2.22 bits per heavy atom. The van der Waals surface area contributed by atoms with Crippen LogP contribution < -0.4 is 15.3 Å². The van der Waals surface area contributed by atoms with E-state index in [1.165, 1.54) is 33.1 Å². The highest BCUT2D eigenvalue weighted by atomic mass is 16.3. The van der Waals surface area contributed by atoms with Crippen LogP contribution in [0.5, 0.6) is 17.2 Å². The van der Waals surface area contributed by atoms with Crippen molar-refractivity contribution in [3.05, 3.63) is 64.8 Å². The second kappa shape index (κ2) is 11.4. The minimum absolute atomic E-state index is 0.0966. The summed E-state index contributed by atoms with van der Waals surface area (Å²) < 4.78 is 0. The lowest BCUT2D eigenvalue weighted by atomic mass is 9.91. The van der Waals surface area contributed by atoms with Gasteiger partial charge in [0.15, 0.2) is 0 Å². The normalized spacial score (nSPS) is 13.9. The Morgan fingerprint density at radius 2 is 1.56 bits per heavy atom. The molecule has 7 heteroatoms. The first kappa shape index (κ1) is 27.0. The molecule has 0 atom stereocenters. The zero-order chi connectivity index (χ0) is 26.6. The molecule has 3 rings (SSSR count). The van der Waals surface area contributed by atoms with Crippen LogP contribution in [0.1, 0.15) is 63.7 Å². The number of fused-ring (bicyclic) bond motifs is 2. The van der Waals surface area contributed by atoms with Crippen molar-refractivity contribution >= 4 is 36.3 Å². The van der Waals surface area contributed by atoms with Gasteiger partial charge in [0.05, 0.1) is 16.9 Å². The summed E-state index contributed by atoms with van der Waals surface area (Å²) in [5.41, 5.74) is 4.72. The number of phenolic OH excluding ortho intramolecular Hbond substituents is 3. The fraction of sp³-hybridized carbons (Fsp3) is 0.345. The van der Waals surface area contributed by atoms with Gasteiger partial charge in [-0.25, -0.2) is 0 Å². The molecule has 1 amide bonds. The van der Waals surface area contributed by atoms with Crippen molar-refractivity contribution in [2.75, 3.05) is 23.4 Å². The number of carbonyl (C=O) groups excluding carboxylic acids is 1. The van der Waals surface area contributed by atoms with Crippen LogP contribution in [0.15, 0.2) is 59.2 Å². The number of phenols is 3. The van der Waals surface area contributed by atoms with Gasteiger partial charge >= 0.3 is 0 Å². The summed E-state index contributed by atoms with van der Waals surface area (Å²) in [6.07, 6.45) is 10.3. The molecule has 0 unspecified atom stereocenters. The average Bonchev–Trinajstić information content (AvgIpc) is 2.89. The molecule has 0 aliphatic carbocycles. The molecular formula is C29H35BN2O4. The Morgan fingerprint density at radius 1 is 0.917 bits per heavy atom. The Labute approximate surface area is 215 Å². The Hall–Kier alpha value is -3.61. The zero-order valence-corrected chi connectivity index (χ0v) is 21.8.